The third kappa shape index (κ3) is 6.83. The van der Waals surface area contributed by atoms with E-state index in [2.05, 4.69) is 10.3 Å². The van der Waals surface area contributed by atoms with E-state index >= 15 is 0 Å². The van der Waals surface area contributed by atoms with Gasteiger partial charge in [-0.15, -0.1) is 0 Å². The maximum Gasteiger partial charge on any atom is 0.414 e. The summed E-state index contributed by atoms with van der Waals surface area (Å²) >= 11 is 6.05. The van der Waals surface area contributed by atoms with Crippen LogP contribution in [0.15, 0.2) is 48.7 Å². The van der Waals surface area contributed by atoms with Gasteiger partial charge in [0.2, 0.25) is 0 Å². The molecule has 0 fully saturated rings. The highest BCUT2D eigenvalue weighted by atomic mass is 35.5. The van der Waals surface area contributed by atoms with Crippen molar-refractivity contribution in [2.24, 2.45) is 0 Å². The van der Waals surface area contributed by atoms with E-state index in [0.29, 0.717) is 0 Å². The second-order valence-electron chi connectivity index (χ2n) is 4.13. The molecular weight excluding hydrogens is 308 g/mol. The van der Waals surface area contributed by atoms with Crippen LogP contribution in [0.2, 0.25) is 5.02 Å². The van der Waals surface area contributed by atoms with Gasteiger partial charge in [-0.25, -0.2) is 9.59 Å². The van der Waals surface area contributed by atoms with E-state index < -0.39 is 11.9 Å². The third-order valence-corrected chi connectivity index (χ3v) is 2.86. The zero-order valence-corrected chi connectivity index (χ0v) is 12.3. The molecule has 22 heavy (non-hydrogen) atoms. The average Bonchev–Trinajstić information content (AvgIpc) is 2.51. The lowest BCUT2D eigenvalue weighted by molar-refractivity contribution is -0.159. The van der Waals surface area contributed by atoms with Crippen LogP contribution in [-0.4, -0.2) is 27.1 Å². The zero-order chi connectivity index (χ0) is 16.4. The summed E-state index contributed by atoms with van der Waals surface area (Å²) in [6.07, 6.45) is 1.80. The maximum absolute atomic E-state index is 9.10. The minimum atomic E-state index is -1.82. The number of carboxylic acid groups (broad SMARTS) is 2. The average molecular weight is 323 g/mol. The van der Waals surface area contributed by atoms with Crippen molar-refractivity contribution >= 4 is 23.5 Å². The fraction of sp³-hybridized carbons (Fsp3) is 0.133. The van der Waals surface area contributed by atoms with E-state index in [0.717, 1.165) is 29.4 Å². The van der Waals surface area contributed by atoms with E-state index in [4.69, 9.17) is 31.4 Å². The third-order valence-electron chi connectivity index (χ3n) is 2.49. The second kappa shape index (κ2) is 9.49. The van der Waals surface area contributed by atoms with E-state index in [1.54, 1.807) is 6.20 Å². The summed E-state index contributed by atoms with van der Waals surface area (Å²) in [5.74, 6) is -3.65. The number of aromatic nitrogens is 1. The Bertz CT molecular complexity index is 608. The van der Waals surface area contributed by atoms with Crippen molar-refractivity contribution in [2.75, 3.05) is 0 Å². The topological polar surface area (TPSA) is 99.5 Å². The largest absolute Gasteiger partial charge is 0.473 e. The number of nitrogens with zero attached hydrogens (tertiary/aromatic N) is 1. The van der Waals surface area contributed by atoms with Gasteiger partial charge in [0, 0.05) is 24.3 Å². The molecule has 0 aliphatic rings. The molecule has 7 heteroatoms. The highest BCUT2D eigenvalue weighted by Crippen LogP contribution is 2.14. The number of benzene rings is 1. The van der Waals surface area contributed by atoms with Crippen LogP contribution in [-0.2, 0) is 22.7 Å². The predicted molar refractivity (Wildman–Crippen MR) is 81.5 cm³/mol. The van der Waals surface area contributed by atoms with Crippen LogP contribution in [0.25, 0.3) is 0 Å². The normalized spacial score (nSPS) is 9.50. The first-order chi connectivity index (χ1) is 10.5. The minimum absolute atomic E-state index is 0.756. The number of pyridine rings is 1. The molecule has 2 rings (SSSR count). The lowest BCUT2D eigenvalue weighted by Crippen LogP contribution is -2.13. The van der Waals surface area contributed by atoms with Gasteiger partial charge in [0.15, 0.2) is 0 Å². The Balaban J connectivity index is 0.000000346. The van der Waals surface area contributed by atoms with Crippen LogP contribution in [0.4, 0.5) is 0 Å². The Morgan fingerprint density at radius 3 is 2.18 bits per heavy atom. The summed E-state index contributed by atoms with van der Waals surface area (Å²) in [6.45, 7) is 1.52. The molecule has 0 bridgehead atoms. The van der Waals surface area contributed by atoms with Crippen molar-refractivity contribution in [3.63, 3.8) is 0 Å². The van der Waals surface area contributed by atoms with Gasteiger partial charge in [-0.3, -0.25) is 4.98 Å². The molecule has 116 valence electrons. The zero-order valence-electron chi connectivity index (χ0n) is 11.6. The van der Waals surface area contributed by atoms with Gasteiger partial charge >= 0.3 is 11.9 Å². The summed E-state index contributed by atoms with van der Waals surface area (Å²) in [7, 11) is 0. The van der Waals surface area contributed by atoms with Crippen LogP contribution in [0.3, 0.4) is 0 Å². The number of carboxylic acids is 2. The molecule has 3 N–H and O–H groups in total. The molecule has 0 saturated heterocycles. The fourth-order valence-electron chi connectivity index (χ4n) is 1.47. The van der Waals surface area contributed by atoms with Crippen LogP contribution in [0.1, 0.15) is 11.3 Å². The number of rotatable bonds is 4. The van der Waals surface area contributed by atoms with Gasteiger partial charge in [0.25, 0.3) is 0 Å². The van der Waals surface area contributed by atoms with E-state index in [1.165, 1.54) is 0 Å². The Hall–Kier alpha value is -2.44. The fourth-order valence-corrected chi connectivity index (χ4v) is 1.67. The monoisotopic (exact) mass is 322 g/mol. The summed E-state index contributed by atoms with van der Waals surface area (Å²) in [5, 5.41) is 18.9. The van der Waals surface area contributed by atoms with E-state index in [9.17, 15) is 0 Å². The van der Waals surface area contributed by atoms with Gasteiger partial charge < -0.3 is 15.5 Å². The molecule has 0 spiro atoms. The molecule has 6 nitrogen and oxygen atoms in total. The van der Waals surface area contributed by atoms with Crippen molar-refractivity contribution in [2.45, 2.75) is 13.1 Å². The van der Waals surface area contributed by atoms with Crippen molar-refractivity contribution in [1.82, 2.24) is 10.3 Å². The molecule has 2 aromatic rings. The quantitative estimate of drug-likeness (QED) is 0.746. The molecule has 0 aliphatic heterocycles. The molecule has 0 saturated carbocycles. The number of carbonyl (C=O) groups is 2. The molecule has 1 heterocycles. The van der Waals surface area contributed by atoms with E-state index in [1.807, 2.05) is 42.5 Å². The van der Waals surface area contributed by atoms with E-state index in [-0.39, 0.29) is 0 Å². The first-order valence-electron chi connectivity index (χ1n) is 6.31. The maximum atomic E-state index is 9.10. The summed E-state index contributed by atoms with van der Waals surface area (Å²) in [6, 6.07) is 13.7. The SMILES string of the molecule is Clc1ccccc1CNCc1ccccn1.O=C(O)C(=O)O. The number of halogens is 1. The summed E-state index contributed by atoms with van der Waals surface area (Å²) < 4.78 is 0. The van der Waals surface area contributed by atoms with Crippen molar-refractivity contribution in [1.29, 1.82) is 0 Å². The van der Waals surface area contributed by atoms with Crippen LogP contribution >= 0.6 is 11.6 Å². The number of aliphatic carboxylic acids is 2. The van der Waals surface area contributed by atoms with Crippen molar-refractivity contribution in [3.8, 4) is 0 Å². The molecule has 1 aromatic carbocycles. The van der Waals surface area contributed by atoms with Crippen molar-refractivity contribution < 1.29 is 19.8 Å². The Morgan fingerprint density at radius 2 is 1.64 bits per heavy atom. The Kier molecular flexibility index (Phi) is 7.60. The van der Waals surface area contributed by atoms with Crippen molar-refractivity contribution in [3.05, 3.63) is 64.9 Å². The van der Waals surface area contributed by atoms with Gasteiger partial charge in [0.1, 0.15) is 0 Å². The standard InChI is InChI=1S/C13H13ClN2.C2H2O4/c14-13-7-2-1-5-11(13)9-15-10-12-6-3-4-8-16-12;3-1(4)2(5)6/h1-8,15H,9-10H2;(H,3,4)(H,5,6). The lowest BCUT2D eigenvalue weighted by Gasteiger charge is -2.05. The number of hydrogen-bond donors (Lipinski definition) is 3. The molecule has 0 atom stereocenters. The minimum Gasteiger partial charge on any atom is -0.473 e. The van der Waals surface area contributed by atoms with Crippen LogP contribution < -0.4 is 5.32 Å². The first-order valence-corrected chi connectivity index (χ1v) is 6.68. The highest BCUT2D eigenvalue weighted by Gasteiger charge is 2.04. The summed E-state index contributed by atoms with van der Waals surface area (Å²) in [5.41, 5.74) is 2.15. The smallest absolute Gasteiger partial charge is 0.414 e. The molecule has 0 unspecified atom stereocenters. The Labute approximate surface area is 132 Å². The van der Waals surface area contributed by atoms with Gasteiger partial charge in [-0.2, -0.15) is 0 Å². The van der Waals surface area contributed by atoms with Crippen LogP contribution in [0, 0.1) is 0 Å². The molecule has 1 aromatic heterocycles. The van der Waals surface area contributed by atoms with Crippen LogP contribution in [0.5, 0.6) is 0 Å². The highest BCUT2D eigenvalue weighted by molar-refractivity contribution is 6.31. The second-order valence-corrected chi connectivity index (χ2v) is 4.53. The molecule has 0 radical (unpaired) electrons. The predicted octanol–water partition coefficient (Wildman–Crippen LogP) is 2.18. The first kappa shape index (κ1) is 17.6. The molecule has 0 aliphatic carbocycles. The summed E-state index contributed by atoms with van der Waals surface area (Å²) in [4.78, 5) is 22.4. The molecule has 0 amide bonds. The van der Waals surface area contributed by atoms with Gasteiger partial charge in [-0.1, -0.05) is 35.9 Å². The van der Waals surface area contributed by atoms with Gasteiger partial charge in [0.05, 0.1) is 5.69 Å². The lowest BCUT2D eigenvalue weighted by atomic mass is 10.2. The Morgan fingerprint density at radius 1 is 1.00 bits per heavy atom. The number of nitrogens with one attached hydrogen (secondary N) is 1. The van der Waals surface area contributed by atoms with Gasteiger partial charge in [-0.05, 0) is 23.8 Å². The number of hydrogen-bond acceptors (Lipinski definition) is 4. The molecular formula is C15H15ClN2O4.